The van der Waals surface area contributed by atoms with Crippen LogP contribution in [-0.4, -0.2) is 56.0 Å². The molecule has 3 aromatic rings. The fourth-order valence-electron chi connectivity index (χ4n) is 7.60. The first-order valence-electron chi connectivity index (χ1n) is 13.8. The molecule has 6 atom stereocenters. The summed E-state index contributed by atoms with van der Waals surface area (Å²) in [6.45, 7) is 7.35. The van der Waals surface area contributed by atoms with Crippen molar-refractivity contribution in [3.63, 3.8) is 0 Å². The minimum Gasteiger partial charge on any atom is -0.378 e. The summed E-state index contributed by atoms with van der Waals surface area (Å²) in [4.78, 5) is 17.1. The van der Waals surface area contributed by atoms with Crippen LogP contribution >= 0.6 is 0 Å². The van der Waals surface area contributed by atoms with E-state index in [9.17, 15) is 5.26 Å². The van der Waals surface area contributed by atoms with E-state index in [4.69, 9.17) is 19.7 Å². The molecule has 4 fully saturated rings. The number of fused-ring (bicyclic) bond motifs is 4. The van der Waals surface area contributed by atoms with Gasteiger partial charge in [0.25, 0.3) is 0 Å². The molecular formula is C27H35N9O. The molecule has 3 saturated carbocycles. The summed E-state index contributed by atoms with van der Waals surface area (Å²) in [5.41, 5.74) is 3.19. The van der Waals surface area contributed by atoms with Crippen LogP contribution in [0.5, 0.6) is 0 Å². The monoisotopic (exact) mass is 501 g/mol. The second kappa shape index (κ2) is 8.69. The third-order valence-electron chi connectivity index (χ3n) is 9.50. The Morgan fingerprint density at radius 3 is 2.86 bits per heavy atom. The Hall–Kier alpha value is -3.19. The molecule has 10 nitrogen and oxygen atoms in total. The lowest BCUT2D eigenvalue weighted by molar-refractivity contribution is 0.122. The van der Waals surface area contributed by atoms with Crippen LogP contribution in [-0.2, 0) is 4.74 Å². The molecule has 1 aliphatic heterocycles. The van der Waals surface area contributed by atoms with Gasteiger partial charge in [-0.2, -0.15) is 20.3 Å². The van der Waals surface area contributed by atoms with E-state index in [2.05, 4.69) is 38.0 Å². The van der Waals surface area contributed by atoms with E-state index in [1.165, 1.54) is 19.3 Å². The summed E-state index contributed by atoms with van der Waals surface area (Å²) in [6, 6.07) is 4.74. The molecule has 2 N–H and O–H groups in total. The molecule has 0 spiro atoms. The smallest absolute Gasteiger partial charge is 0.232 e. The van der Waals surface area contributed by atoms with Gasteiger partial charge in [-0.15, -0.1) is 0 Å². The highest BCUT2D eigenvalue weighted by atomic mass is 16.5. The van der Waals surface area contributed by atoms with Gasteiger partial charge in [0.2, 0.25) is 5.95 Å². The minimum absolute atomic E-state index is 0.373. The number of morpholine rings is 1. The third-order valence-corrected chi connectivity index (χ3v) is 9.50. The average Bonchev–Trinajstić information content (AvgIpc) is 3.74. The summed E-state index contributed by atoms with van der Waals surface area (Å²) >= 11 is 0. The first kappa shape index (κ1) is 23.0. The zero-order chi connectivity index (χ0) is 25.1. The number of hydrogen-bond donors (Lipinski definition) is 2. The average molecular weight is 502 g/mol. The van der Waals surface area contributed by atoms with Crippen LogP contribution in [0.3, 0.4) is 0 Å². The Morgan fingerprint density at radius 2 is 2.08 bits per heavy atom. The molecule has 4 aliphatic rings. The molecule has 3 unspecified atom stereocenters. The Labute approximate surface area is 216 Å². The number of anilines is 3. The summed E-state index contributed by atoms with van der Waals surface area (Å²) < 4.78 is 7.94. The summed E-state index contributed by atoms with van der Waals surface area (Å²) in [5, 5.41) is 19.9. The van der Waals surface area contributed by atoms with Gasteiger partial charge in [0.1, 0.15) is 0 Å². The highest BCUT2D eigenvalue weighted by Gasteiger charge is 2.67. The molecule has 10 heteroatoms. The van der Waals surface area contributed by atoms with Gasteiger partial charge >= 0.3 is 0 Å². The van der Waals surface area contributed by atoms with Crippen molar-refractivity contribution in [3.05, 3.63) is 18.1 Å². The van der Waals surface area contributed by atoms with Crippen LogP contribution in [0, 0.1) is 47.3 Å². The van der Waals surface area contributed by atoms with Gasteiger partial charge in [-0.25, -0.2) is 4.98 Å². The van der Waals surface area contributed by atoms with Crippen LogP contribution < -0.4 is 10.2 Å². The van der Waals surface area contributed by atoms with Crippen molar-refractivity contribution >= 4 is 28.7 Å². The number of aromatic amines is 1. The number of aryl methyl sites for hydroxylation is 1. The van der Waals surface area contributed by atoms with Crippen molar-refractivity contribution < 1.29 is 4.74 Å². The number of nitrogens with zero attached hydrogens (tertiary/aromatic N) is 7. The molecule has 4 heterocycles. The molecule has 0 bridgehead atoms. The number of hydrogen-bond acceptors (Lipinski definition) is 8. The normalized spacial score (nSPS) is 32.7. The van der Waals surface area contributed by atoms with E-state index in [1.807, 2.05) is 19.3 Å². The summed E-state index contributed by atoms with van der Waals surface area (Å²) in [5.74, 6) is 5.05. The van der Waals surface area contributed by atoms with E-state index in [0.29, 0.717) is 48.8 Å². The first-order chi connectivity index (χ1) is 18.1. The first-order valence-corrected chi connectivity index (χ1v) is 13.8. The molecule has 194 valence electrons. The maximum Gasteiger partial charge on any atom is 0.232 e. The van der Waals surface area contributed by atoms with Gasteiger partial charge in [-0.3, -0.25) is 5.10 Å². The minimum atomic E-state index is 0.373. The Balaban J connectivity index is 1.24. The molecule has 7 rings (SSSR count). The molecule has 0 aromatic carbocycles. The van der Waals surface area contributed by atoms with Crippen molar-refractivity contribution in [2.24, 2.45) is 29.1 Å². The lowest BCUT2D eigenvalue weighted by Crippen LogP contribution is -2.37. The lowest BCUT2D eigenvalue weighted by atomic mass is 9.80. The number of nitrogens with one attached hydrogen (secondary N) is 2. The fraction of sp³-hybridized carbons (Fsp3) is 0.667. The molecule has 3 aliphatic carbocycles. The zero-order valence-electron chi connectivity index (χ0n) is 21.7. The van der Waals surface area contributed by atoms with E-state index >= 15 is 0 Å². The van der Waals surface area contributed by atoms with E-state index in [1.54, 1.807) is 0 Å². The number of rotatable bonds is 6. The Bertz CT molecular complexity index is 1350. The van der Waals surface area contributed by atoms with Crippen LogP contribution in [0.25, 0.3) is 11.2 Å². The van der Waals surface area contributed by atoms with E-state index in [-0.39, 0.29) is 0 Å². The van der Waals surface area contributed by atoms with Crippen LogP contribution in [0.1, 0.15) is 57.2 Å². The maximum atomic E-state index is 9.23. The number of H-pyrrole nitrogens is 1. The van der Waals surface area contributed by atoms with Gasteiger partial charge < -0.3 is 19.5 Å². The van der Waals surface area contributed by atoms with Crippen LogP contribution in [0.15, 0.2) is 12.4 Å². The van der Waals surface area contributed by atoms with Crippen LogP contribution in [0.4, 0.5) is 17.6 Å². The second-order valence-electron chi connectivity index (χ2n) is 11.8. The van der Waals surface area contributed by atoms with Gasteiger partial charge in [0.15, 0.2) is 22.8 Å². The van der Waals surface area contributed by atoms with Gasteiger partial charge in [0.05, 0.1) is 25.6 Å². The third kappa shape index (κ3) is 3.95. The Kier molecular flexibility index (Phi) is 5.39. The maximum absolute atomic E-state index is 9.23. The van der Waals surface area contributed by atoms with Gasteiger partial charge in [-0.1, -0.05) is 6.92 Å². The predicted octanol–water partition coefficient (Wildman–Crippen LogP) is 4.36. The van der Waals surface area contributed by atoms with Crippen molar-refractivity contribution in [2.75, 3.05) is 36.5 Å². The van der Waals surface area contributed by atoms with E-state index < -0.39 is 0 Å². The number of ether oxygens (including phenoxy) is 1. The van der Waals surface area contributed by atoms with Crippen molar-refractivity contribution in [2.45, 2.75) is 58.4 Å². The number of imidazole rings is 1. The van der Waals surface area contributed by atoms with Gasteiger partial charge in [0, 0.05) is 37.3 Å². The Morgan fingerprint density at radius 1 is 1.22 bits per heavy atom. The molecule has 3 aromatic heterocycles. The molecular weight excluding hydrogens is 466 g/mol. The topological polar surface area (TPSA) is 121 Å². The molecule has 0 amide bonds. The van der Waals surface area contributed by atoms with Crippen molar-refractivity contribution in [1.82, 2.24) is 29.7 Å². The summed E-state index contributed by atoms with van der Waals surface area (Å²) in [7, 11) is 0. The van der Waals surface area contributed by atoms with Crippen molar-refractivity contribution in [1.29, 1.82) is 5.26 Å². The van der Waals surface area contributed by atoms with Crippen molar-refractivity contribution in [3.8, 4) is 6.07 Å². The molecule has 0 radical (unpaired) electrons. The van der Waals surface area contributed by atoms with E-state index in [0.717, 1.165) is 66.4 Å². The zero-order valence-corrected chi connectivity index (χ0v) is 21.7. The quantitative estimate of drug-likeness (QED) is 0.511. The number of aromatic nitrogens is 6. The SMILES string of the molecule is Cc1cc(Nc2nc(N3CCOCC3)c3ncn([C@H]4C[C@@H]5CC5C5(CCC#N)CC5[C@@H](C)C4)c3n2)n[nH]1. The highest BCUT2D eigenvalue weighted by molar-refractivity contribution is 5.85. The molecule has 37 heavy (non-hydrogen) atoms. The molecule has 1 saturated heterocycles. The standard InChI is InChI=1S/C27H35N9O/c1-16-10-19(12-18-13-20(18)27(4-3-5-28)14-21(16)27)36-15-29-23-24(35-6-8-37-9-7-35)31-26(32-25(23)36)30-22-11-17(2)33-34-22/h11,15-16,18-21H,3-4,6-10,12-14H2,1-2H3,(H2,30,31,32,33,34)/t16-,18+,19+,20?,21?,27?/m0/s1. The highest BCUT2D eigenvalue weighted by Crippen LogP contribution is 2.74. The largest absolute Gasteiger partial charge is 0.378 e. The van der Waals surface area contributed by atoms with Crippen LogP contribution in [0.2, 0.25) is 0 Å². The predicted molar refractivity (Wildman–Crippen MR) is 139 cm³/mol. The number of nitriles is 1. The summed E-state index contributed by atoms with van der Waals surface area (Å²) in [6.07, 6.45) is 8.72. The van der Waals surface area contributed by atoms with Gasteiger partial charge in [-0.05, 0) is 68.1 Å². The second-order valence-corrected chi connectivity index (χ2v) is 11.8. The lowest BCUT2D eigenvalue weighted by Gasteiger charge is -2.29. The fourth-order valence-corrected chi connectivity index (χ4v) is 7.60.